The highest BCUT2D eigenvalue weighted by Crippen LogP contribution is 2.35. The van der Waals surface area contributed by atoms with Crippen molar-refractivity contribution in [3.8, 4) is 0 Å². The van der Waals surface area contributed by atoms with Crippen molar-refractivity contribution >= 4 is 37.5 Å². The van der Waals surface area contributed by atoms with Gasteiger partial charge in [0.25, 0.3) is 0 Å². The van der Waals surface area contributed by atoms with Gasteiger partial charge in [0, 0.05) is 16.2 Å². The average molecular weight is 264 g/mol. The number of hydrogen-bond acceptors (Lipinski definition) is 4. The molecule has 1 aromatic rings. The summed E-state index contributed by atoms with van der Waals surface area (Å²) in [6, 6.07) is 0. The smallest absolute Gasteiger partial charge is 0.237 e. The normalized spacial score (nSPS) is 17.9. The first-order valence-electron chi connectivity index (χ1n) is 3.43. The molecule has 1 aliphatic rings. The van der Waals surface area contributed by atoms with E-state index in [-0.39, 0.29) is 11.6 Å². The van der Waals surface area contributed by atoms with Crippen LogP contribution in [0.1, 0.15) is 5.56 Å². The third kappa shape index (κ3) is 1.37. The molecule has 0 fully saturated rings. The number of sulfonamides is 1. The van der Waals surface area contributed by atoms with Crippen LogP contribution in [0.5, 0.6) is 0 Å². The number of anilines is 2. The van der Waals surface area contributed by atoms with Crippen LogP contribution in [0.4, 0.5) is 11.5 Å². The van der Waals surface area contributed by atoms with E-state index >= 15 is 0 Å². The Labute approximate surface area is 83.5 Å². The predicted octanol–water partition coefficient (Wildman–Crippen LogP) is 0.682. The lowest BCUT2D eigenvalue weighted by Gasteiger charge is -2.01. The quantitative estimate of drug-likeness (QED) is 0.721. The van der Waals surface area contributed by atoms with Gasteiger partial charge >= 0.3 is 0 Å². The molecule has 0 atom stereocenters. The fourth-order valence-corrected chi connectivity index (χ4v) is 3.10. The molecular weight excluding hydrogens is 258 g/mol. The van der Waals surface area contributed by atoms with Crippen LogP contribution < -0.4 is 10.5 Å². The van der Waals surface area contributed by atoms with Crippen molar-refractivity contribution in [2.45, 2.75) is 5.75 Å². The largest absolute Gasteiger partial charge is 0.382 e. The van der Waals surface area contributed by atoms with Gasteiger partial charge < -0.3 is 5.73 Å². The average Bonchev–Trinajstić information content (AvgIpc) is 2.35. The van der Waals surface area contributed by atoms with Crippen molar-refractivity contribution in [1.29, 1.82) is 0 Å². The van der Waals surface area contributed by atoms with Gasteiger partial charge in [-0.05, 0) is 15.9 Å². The second kappa shape index (κ2) is 2.58. The van der Waals surface area contributed by atoms with E-state index in [0.29, 0.717) is 15.7 Å². The van der Waals surface area contributed by atoms with Gasteiger partial charge in [0.2, 0.25) is 10.0 Å². The monoisotopic (exact) mass is 263 g/mol. The summed E-state index contributed by atoms with van der Waals surface area (Å²) in [6.07, 6.45) is 1.50. The third-order valence-corrected chi connectivity index (χ3v) is 3.62. The maximum Gasteiger partial charge on any atom is 0.237 e. The summed E-state index contributed by atoms with van der Waals surface area (Å²) in [4.78, 5) is 3.82. The number of nitrogens with zero attached hydrogens (tertiary/aromatic N) is 1. The number of aromatic nitrogens is 1. The summed E-state index contributed by atoms with van der Waals surface area (Å²) in [5.74, 6) is 0.162. The molecule has 2 rings (SSSR count). The molecule has 0 unspecified atom stereocenters. The van der Waals surface area contributed by atoms with E-state index in [9.17, 15) is 8.42 Å². The minimum absolute atomic E-state index is 0.0460. The number of pyridine rings is 1. The molecule has 1 aromatic heterocycles. The van der Waals surface area contributed by atoms with Crippen LogP contribution >= 0.6 is 15.9 Å². The van der Waals surface area contributed by atoms with Crippen molar-refractivity contribution < 1.29 is 8.42 Å². The molecule has 2 heterocycles. The van der Waals surface area contributed by atoms with Crippen molar-refractivity contribution in [3.05, 3.63) is 16.2 Å². The van der Waals surface area contributed by atoms with Gasteiger partial charge in [0.15, 0.2) is 0 Å². The molecule has 0 radical (unpaired) electrons. The Hall–Kier alpha value is -0.820. The van der Waals surface area contributed by atoms with Gasteiger partial charge in [0.1, 0.15) is 5.82 Å². The van der Waals surface area contributed by atoms with Gasteiger partial charge in [-0.25, -0.2) is 13.4 Å². The van der Waals surface area contributed by atoms with Crippen LogP contribution in [-0.2, 0) is 15.8 Å². The van der Waals surface area contributed by atoms with Gasteiger partial charge in [0.05, 0.1) is 11.4 Å². The Kier molecular flexibility index (Phi) is 1.74. The van der Waals surface area contributed by atoms with E-state index in [2.05, 4.69) is 25.6 Å². The van der Waals surface area contributed by atoms with E-state index in [4.69, 9.17) is 5.73 Å². The Morgan fingerprint density at radius 1 is 1.62 bits per heavy atom. The van der Waals surface area contributed by atoms with Crippen molar-refractivity contribution in [2.24, 2.45) is 0 Å². The molecule has 0 saturated carbocycles. The highest BCUT2D eigenvalue weighted by atomic mass is 79.9. The maximum absolute atomic E-state index is 11.2. The van der Waals surface area contributed by atoms with Gasteiger partial charge in [-0.1, -0.05) is 0 Å². The molecular formula is C6H6BrN3O2S. The van der Waals surface area contributed by atoms with Gasteiger partial charge in [-0.3, -0.25) is 4.72 Å². The molecule has 0 amide bonds. The third-order valence-electron chi connectivity index (χ3n) is 1.76. The zero-order valence-corrected chi connectivity index (χ0v) is 8.81. The SMILES string of the molecule is Nc1ncc(Br)c2c1NS(=O)(=O)C2. The van der Waals surface area contributed by atoms with E-state index in [0.717, 1.165) is 0 Å². The number of fused-ring (bicyclic) bond motifs is 1. The Morgan fingerprint density at radius 3 is 2.92 bits per heavy atom. The first-order chi connectivity index (χ1) is 5.99. The van der Waals surface area contributed by atoms with Crippen molar-refractivity contribution in [1.82, 2.24) is 4.98 Å². The van der Waals surface area contributed by atoms with E-state index in [1.165, 1.54) is 6.20 Å². The second-order valence-electron chi connectivity index (χ2n) is 2.71. The molecule has 0 aliphatic carbocycles. The highest BCUT2D eigenvalue weighted by Gasteiger charge is 2.27. The van der Waals surface area contributed by atoms with Gasteiger partial charge in [-0.15, -0.1) is 0 Å². The fourth-order valence-electron chi connectivity index (χ4n) is 1.18. The van der Waals surface area contributed by atoms with Crippen LogP contribution in [0.3, 0.4) is 0 Å². The first kappa shape index (κ1) is 8.76. The first-order valence-corrected chi connectivity index (χ1v) is 5.87. The standard InChI is InChI=1S/C6H6BrN3O2S/c7-4-1-9-6(8)5-3(4)2-13(11,12)10-5/h1,10H,2H2,(H2,8,9). The fraction of sp³-hybridized carbons (Fsp3) is 0.167. The lowest BCUT2D eigenvalue weighted by Crippen LogP contribution is -2.06. The van der Waals surface area contributed by atoms with Crippen LogP contribution in [0, 0.1) is 0 Å². The molecule has 5 nitrogen and oxygen atoms in total. The molecule has 13 heavy (non-hydrogen) atoms. The van der Waals surface area contributed by atoms with Crippen LogP contribution in [0.25, 0.3) is 0 Å². The van der Waals surface area contributed by atoms with E-state index in [1.54, 1.807) is 0 Å². The summed E-state index contributed by atoms with van der Waals surface area (Å²) in [6.45, 7) is 0. The number of nitrogens with two attached hydrogens (primary N) is 1. The minimum Gasteiger partial charge on any atom is -0.382 e. The van der Waals surface area contributed by atoms with Crippen molar-refractivity contribution in [2.75, 3.05) is 10.5 Å². The van der Waals surface area contributed by atoms with Crippen LogP contribution in [0.15, 0.2) is 10.7 Å². The predicted molar refractivity (Wildman–Crippen MR) is 52.6 cm³/mol. The molecule has 0 aromatic carbocycles. The molecule has 0 saturated heterocycles. The number of hydrogen-bond donors (Lipinski definition) is 2. The summed E-state index contributed by atoms with van der Waals surface area (Å²) in [5.41, 5.74) is 6.55. The molecule has 0 spiro atoms. The van der Waals surface area contributed by atoms with Gasteiger partial charge in [-0.2, -0.15) is 0 Å². The Bertz CT molecular complexity index is 434. The van der Waals surface area contributed by atoms with E-state index in [1.807, 2.05) is 0 Å². The lowest BCUT2D eigenvalue weighted by atomic mass is 10.2. The number of nitrogens with one attached hydrogen (secondary N) is 1. The summed E-state index contributed by atoms with van der Waals surface area (Å²) >= 11 is 3.21. The highest BCUT2D eigenvalue weighted by molar-refractivity contribution is 9.10. The topological polar surface area (TPSA) is 85.1 Å². The van der Waals surface area contributed by atoms with Crippen molar-refractivity contribution in [3.63, 3.8) is 0 Å². The molecule has 70 valence electrons. The molecule has 7 heteroatoms. The molecule has 0 bridgehead atoms. The number of halogens is 1. The van der Waals surface area contributed by atoms with Crippen LogP contribution in [-0.4, -0.2) is 13.4 Å². The van der Waals surface area contributed by atoms with Crippen LogP contribution in [0.2, 0.25) is 0 Å². The molecule has 3 N–H and O–H groups in total. The Balaban J connectivity index is 2.69. The minimum atomic E-state index is -3.25. The zero-order valence-electron chi connectivity index (χ0n) is 6.41. The zero-order chi connectivity index (χ0) is 9.64. The second-order valence-corrected chi connectivity index (χ2v) is 5.28. The maximum atomic E-state index is 11.2. The number of nitrogen functional groups attached to an aromatic ring is 1. The van der Waals surface area contributed by atoms with E-state index < -0.39 is 10.0 Å². The summed E-state index contributed by atoms with van der Waals surface area (Å²) in [5, 5.41) is 0. The Morgan fingerprint density at radius 2 is 2.31 bits per heavy atom. The number of rotatable bonds is 0. The lowest BCUT2D eigenvalue weighted by molar-refractivity contribution is 0.602. The molecule has 1 aliphatic heterocycles. The summed E-state index contributed by atoms with van der Waals surface area (Å²) < 4.78 is 25.3. The summed E-state index contributed by atoms with van der Waals surface area (Å²) in [7, 11) is -3.25.